The number of aromatic nitrogens is 1. The number of rotatable bonds is 3. The summed E-state index contributed by atoms with van der Waals surface area (Å²) in [7, 11) is 1.50. The van der Waals surface area contributed by atoms with E-state index in [0.717, 1.165) is 0 Å². The Kier molecular flexibility index (Phi) is 4.22. The molecule has 5 nitrogen and oxygen atoms in total. The highest BCUT2D eigenvalue weighted by atomic mass is 19.4. The number of halogens is 3. The smallest absolute Gasteiger partial charge is 0.401 e. The number of hydrogen-bond acceptors (Lipinski definition) is 5. The number of nitrogens with zero attached hydrogens (tertiary/aromatic N) is 3. The molecular formula is C12H17F3N4O. The van der Waals surface area contributed by atoms with Crippen molar-refractivity contribution in [1.29, 1.82) is 0 Å². The molecule has 1 aliphatic rings. The van der Waals surface area contributed by atoms with Gasteiger partial charge in [-0.1, -0.05) is 0 Å². The summed E-state index contributed by atoms with van der Waals surface area (Å²) >= 11 is 0. The number of nitrogen functional groups attached to an aromatic ring is 1. The Morgan fingerprint density at radius 3 is 2.45 bits per heavy atom. The van der Waals surface area contributed by atoms with Gasteiger partial charge in [0, 0.05) is 32.2 Å². The van der Waals surface area contributed by atoms with Gasteiger partial charge in [0.15, 0.2) is 5.82 Å². The second-order valence-electron chi connectivity index (χ2n) is 4.64. The van der Waals surface area contributed by atoms with Gasteiger partial charge in [-0.05, 0) is 6.07 Å². The molecule has 0 saturated carbocycles. The number of pyridine rings is 1. The first-order valence-corrected chi connectivity index (χ1v) is 6.23. The number of alkyl halides is 3. The molecule has 1 saturated heterocycles. The monoisotopic (exact) mass is 290 g/mol. The number of anilines is 2. The lowest BCUT2D eigenvalue weighted by Crippen LogP contribution is -2.49. The van der Waals surface area contributed by atoms with Gasteiger partial charge in [0.25, 0.3) is 0 Å². The molecule has 112 valence electrons. The fraction of sp³-hybridized carbons (Fsp3) is 0.583. The van der Waals surface area contributed by atoms with Crippen LogP contribution in [0, 0.1) is 0 Å². The Bertz CT molecular complexity index is 459. The summed E-state index contributed by atoms with van der Waals surface area (Å²) in [6.07, 6.45) is -4.16. The molecule has 20 heavy (non-hydrogen) atoms. The Hall–Kier alpha value is -1.70. The number of methoxy groups -OCH3 is 1. The zero-order valence-corrected chi connectivity index (χ0v) is 11.2. The van der Waals surface area contributed by atoms with Crippen molar-refractivity contribution < 1.29 is 17.9 Å². The lowest BCUT2D eigenvalue weighted by Gasteiger charge is -2.36. The second-order valence-corrected chi connectivity index (χ2v) is 4.64. The molecule has 1 fully saturated rings. The van der Waals surface area contributed by atoms with E-state index < -0.39 is 12.7 Å². The fourth-order valence-electron chi connectivity index (χ4n) is 2.18. The highest BCUT2D eigenvalue weighted by molar-refractivity contribution is 5.63. The van der Waals surface area contributed by atoms with Gasteiger partial charge in [-0.2, -0.15) is 18.2 Å². The van der Waals surface area contributed by atoms with Gasteiger partial charge in [-0.3, -0.25) is 4.90 Å². The van der Waals surface area contributed by atoms with E-state index in [1.807, 2.05) is 4.90 Å². The quantitative estimate of drug-likeness (QED) is 0.911. The molecule has 2 rings (SSSR count). The fourth-order valence-corrected chi connectivity index (χ4v) is 2.18. The van der Waals surface area contributed by atoms with Crippen molar-refractivity contribution in [2.75, 3.05) is 50.5 Å². The van der Waals surface area contributed by atoms with Gasteiger partial charge in [0.2, 0.25) is 5.88 Å². The van der Waals surface area contributed by atoms with E-state index >= 15 is 0 Å². The van der Waals surface area contributed by atoms with Crippen LogP contribution in [0.1, 0.15) is 0 Å². The topological polar surface area (TPSA) is 54.6 Å². The number of ether oxygens (including phenoxy) is 1. The molecule has 1 aliphatic heterocycles. The summed E-state index contributed by atoms with van der Waals surface area (Å²) in [4.78, 5) is 7.51. The van der Waals surface area contributed by atoms with Crippen LogP contribution in [0.2, 0.25) is 0 Å². The van der Waals surface area contributed by atoms with E-state index in [0.29, 0.717) is 43.6 Å². The Morgan fingerprint density at radius 1 is 1.25 bits per heavy atom. The summed E-state index contributed by atoms with van der Waals surface area (Å²) < 4.78 is 42.0. The van der Waals surface area contributed by atoms with Gasteiger partial charge in [-0.15, -0.1) is 0 Å². The van der Waals surface area contributed by atoms with Gasteiger partial charge >= 0.3 is 6.18 Å². The van der Waals surface area contributed by atoms with Crippen molar-refractivity contribution >= 4 is 11.5 Å². The van der Waals surface area contributed by atoms with Crippen molar-refractivity contribution in [2.45, 2.75) is 6.18 Å². The van der Waals surface area contributed by atoms with Crippen molar-refractivity contribution in [3.05, 3.63) is 12.1 Å². The Morgan fingerprint density at radius 2 is 1.90 bits per heavy atom. The molecule has 1 aromatic heterocycles. The first kappa shape index (κ1) is 14.7. The van der Waals surface area contributed by atoms with E-state index in [-0.39, 0.29) is 0 Å². The molecular weight excluding hydrogens is 273 g/mol. The van der Waals surface area contributed by atoms with Crippen molar-refractivity contribution in [3.8, 4) is 5.88 Å². The zero-order chi connectivity index (χ0) is 14.8. The molecule has 0 atom stereocenters. The molecule has 2 N–H and O–H groups in total. The van der Waals surface area contributed by atoms with E-state index in [1.165, 1.54) is 12.0 Å². The van der Waals surface area contributed by atoms with E-state index in [9.17, 15) is 13.2 Å². The van der Waals surface area contributed by atoms with E-state index in [1.54, 1.807) is 12.1 Å². The molecule has 0 spiro atoms. The average Bonchev–Trinajstić information content (AvgIpc) is 2.39. The van der Waals surface area contributed by atoms with Crippen molar-refractivity contribution in [3.63, 3.8) is 0 Å². The number of nitrogens with two attached hydrogens (primary N) is 1. The third-order valence-corrected chi connectivity index (χ3v) is 3.16. The lowest BCUT2D eigenvalue weighted by molar-refractivity contribution is -0.146. The van der Waals surface area contributed by atoms with E-state index in [4.69, 9.17) is 10.5 Å². The van der Waals surface area contributed by atoms with Crippen LogP contribution in [0.3, 0.4) is 0 Å². The van der Waals surface area contributed by atoms with Crippen LogP contribution < -0.4 is 15.4 Å². The average molecular weight is 290 g/mol. The van der Waals surface area contributed by atoms with Crippen molar-refractivity contribution in [2.24, 2.45) is 0 Å². The summed E-state index contributed by atoms with van der Waals surface area (Å²) in [6.45, 7) is 0.707. The van der Waals surface area contributed by atoms with Gasteiger partial charge in [0.05, 0.1) is 19.3 Å². The predicted molar refractivity (Wildman–Crippen MR) is 69.9 cm³/mol. The number of piperazine rings is 1. The lowest BCUT2D eigenvalue weighted by atomic mass is 10.3. The van der Waals surface area contributed by atoms with Gasteiger partial charge in [0.1, 0.15) is 0 Å². The zero-order valence-electron chi connectivity index (χ0n) is 11.2. The molecule has 0 unspecified atom stereocenters. The van der Waals surface area contributed by atoms with Crippen LogP contribution in [-0.4, -0.2) is 55.9 Å². The van der Waals surface area contributed by atoms with Crippen LogP contribution in [-0.2, 0) is 0 Å². The van der Waals surface area contributed by atoms with Gasteiger partial charge < -0.3 is 15.4 Å². The molecule has 0 bridgehead atoms. The minimum Gasteiger partial charge on any atom is -0.481 e. The maximum Gasteiger partial charge on any atom is 0.401 e. The molecule has 0 aromatic carbocycles. The normalized spacial score (nSPS) is 17.3. The number of hydrogen-bond donors (Lipinski definition) is 1. The molecule has 0 aliphatic carbocycles. The maximum absolute atomic E-state index is 12.3. The molecule has 8 heteroatoms. The third-order valence-electron chi connectivity index (χ3n) is 3.16. The SMILES string of the molecule is COc1ccc(N)c(N2CCN(CC(F)(F)F)CC2)n1. The molecule has 0 radical (unpaired) electrons. The van der Waals surface area contributed by atoms with Crippen molar-refractivity contribution in [1.82, 2.24) is 9.88 Å². The van der Waals surface area contributed by atoms with Crippen LogP contribution in [0.4, 0.5) is 24.7 Å². The minimum absolute atomic E-state index is 0.331. The summed E-state index contributed by atoms with van der Waals surface area (Å²) in [5.41, 5.74) is 6.35. The Labute approximate surface area is 115 Å². The maximum atomic E-state index is 12.3. The Balaban J connectivity index is 2.00. The van der Waals surface area contributed by atoms with E-state index in [2.05, 4.69) is 4.98 Å². The van der Waals surface area contributed by atoms with Gasteiger partial charge in [-0.25, -0.2) is 0 Å². The standard InChI is InChI=1S/C12H17F3N4O/c1-20-10-3-2-9(16)11(17-10)19-6-4-18(5-7-19)8-12(13,14)15/h2-3H,4-8,16H2,1H3. The summed E-state index contributed by atoms with van der Waals surface area (Å²) in [5, 5.41) is 0. The molecule has 2 heterocycles. The minimum atomic E-state index is -4.16. The van der Waals surface area contributed by atoms with Crippen LogP contribution in [0.15, 0.2) is 12.1 Å². The predicted octanol–water partition coefficient (Wildman–Crippen LogP) is 1.36. The highest BCUT2D eigenvalue weighted by Crippen LogP contribution is 2.25. The van der Waals surface area contributed by atoms with Crippen LogP contribution in [0.25, 0.3) is 0 Å². The second kappa shape index (κ2) is 5.74. The molecule has 0 amide bonds. The third kappa shape index (κ3) is 3.66. The summed E-state index contributed by atoms with van der Waals surface area (Å²) in [6, 6.07) is 3.34. The van der Waals surface area contributed by atoms with Crippen LogP contribution >= 0.6 is 0 Å². The summed E-state index contributed by atoms with van der Waals surface area (Å²) in [5.74, 6) is 1.00. The largest absolute Gasteiger partial charge is 0.481 e. The first-order chi connectivity index (χ1) is 9.39. The van der Waals surface area contributed by atoms with Crippen LogP contribution in [0.5, 0.6) is 5.88 Å². The highest BCUT2D eigenvalue weighted by Gasteiger charge is 2.32. The first-order valence-electron chi connectivity index (χ1n) is 6.23. The molecule has 1 aromatic rings.